The predicted octanol–water partition coefficient (Wildman–Crippen LogP) is 1.02. The third-order valence-corrected chi connectivity index (χ3v) is 2.13. The first-order valence-electron chi connectivity index (χ1n) is 4.38. The molecule has 0 spiro atoms. The van der Waals surface area contributed by atoms with Crippen LogP contribution in [0.2, 0.25) is 0 Å². The van der Waals surface area contributed by atoms with Gasteiger partial charge >= 0.3 is 0 Å². The maximum absolute atomic E-state index is 8.82. The summed E-state index contributed by atoms with van der Waals surface area (Å²) in [6, 6.07) is 0. The number of hydrogen-bond donors (Lipinski definition) is 1. The van der Waals surface area contributed by atoms with Crippen LogP contribution in [0.15, 0.2) is 11.6 Å². The Balaban J connectivity index is 2.29. The van der Waals surface area contributed by atoms with E-state index in [9.17, 15) is 0 Å². The molecular weight excluding hydrogens is 138 g/mol. The summed E-state index contributed by atoms with van der Waals surface area (Å²) in [6.45, 7) is 5.80. The van der Waals surface area contributed by atoms with Gasteiger partial charge in [0.25, 0.3) is 0 Å². The fourth-order valence-corrected chi connectivity index (χ4v) is 1.42. The van der Waals surface area contributed by atoms with Crippen LogP contribution in [-0.2, 0) is 0 Å². The van der Waals surface area contributed by atoms with Crippen molar-refractivity contribution >= 4 is 0 Å². The molecule has 0 amide bonds. The predicted molar refractivity (Wildman–Crippen MR) is 46.5 cm³/mol. The molecule has 0 radical (unpaired) electrons. The Morgan fingerprint density at radius 3 is 2.91 bits per heavy atom. The van der Waals surface area contributed by atoms with Gasteiger partial charge in [-0.3, -0.25) is 4.90 Å². The molecule has 0 saturated carbocycles. The molecule has 1 N–H and O–H groups in total. The van der Waals surface area contributed by atoms with Crippen LogP contribution < -0.4 is 0 Å². The second kappa shape index (κ2) is 4.52. The van der Waals surface area contributed by atoms with Crippen LogP contribution in [0, 0.1) is 0 Å². The van der Waals surface area contributed by atoms with Crippen molar-refractivity contribution in [2.24, 2.45) is 0 Å². The van der Waals surface area contributed by atoms with E-state index in [2.05, 4.69) is 17.9 Å². The highest BCUT2D eigenvalue weighted by atomic mass is 16.3. The lowest BCUT2D eigenvalue weighted by Gasteiger charge is -2.24. The van der Waals surface area contributed by atoms with Crippen LogP contribution in [0.25, 0.3) is 0 Å². The molecule has 0 aromatic heterocycles. The van der Waals surface area contributed by atoms with Gasteiger partial charge in [-0.1, -0.05) is 13.0 Å². The third-order valence-electron chi connectivity index (χ3n) is 2.13. The lowest BCUT2D eigenvalue weighted by molar-refractivity contribution is 0.271. The molecule has 1 rings (SSSR count). The minimum absolute atomic E-state index is 0.250. The Bertz CT molecular complexity index is 142. The van der Waals surface area contributed by atoms with Crippen LogP contribution in [0.4, 0.5) is 0 Å². The quantitative estimate of drug-likeness (QED) is 0.615. The minimum Gasteiger partial charge on any atom is -0.392 e. The first kappa shape index (κ1) is 8.75. The van der Waals surface area contributed by atoms with Crippen molar-refractivity contribution in [3.05, 3.63) is 11.6 Å². The normalized spacial score (nSPS) is 20.0. The Kier molecular flexibility index (Phi) is 3.60. The highest BCUT2D eigenvalue weighted by Crippen LogP contribution is 2.09. The van der Waals surface area contributed by atoms with E-state index >= 15 is 0 Å². The molecule has 2 heteroatoms. The van der Waals surface area contributed by atoms with Crippen LogP contribution in [0.3, 0.4) is 0 Å². The van der Waals surface area contributed by atoms with Gasteiger partial charge in [0.15, 0.2) is 0 Å². The molecule has 0 fully saturated rings. The summed E-state index contributed by atoms with van der Waals surface area (Å²) in [4.78, 5) is 2.42. The van der Waals surface area contributed by atoms with Gasteiger partial charge in [0, 0.05) is 13.1 Å². The maximum Gasteiger partial charge on any atom is 0.0642 e. The van der Waals surface area contributed by atoms with Crippen molar-refractivity contribution in [2.45, 2.75) is 19.8 Å². The summed E-state index contributed by atoms with van der Waals surface area (Å²) in [5, 5.41) is 8.82. The van der Waals surface area contributed by atoms with Gasteiger partial charge in [0.2, 0.25) is 0 Å². The molecule has 11 heavy (non-hydrogen) atoms. The van der Waals surface area contributed by atoms with Crippen molar-refractivity contribution in [1.29, 1.82) is 0 Å². The Morgan fingerprint density at radius 2 is 2.45 bits per heavy atom. The maximum atomic E-state index is 8.82. The van der Waals surface area contributed by atoms with Crippen molar-refractivity contribution in [1.82, 2.24) is 4.90 Å². The number of rotatable bonds is 3. The second-order valence-corrected chi connectivity index (χ2v) is 3.07. The Hall–Kier alpha value is -0.340. The zero-order valence-electron chi connectivity index (χ0n) is 7.21. The summed E-state index contributed by atoms with van der Waals surface area (Å²) < 4.78 is 0. The van der Waals surface area contributed by atoms with E-state index in [4.69, 9.17) is 5.11 Å². The van der Waals surface area contributed by atoms with Crippen molar-refractivity contribution in [2.75, 3.05) is 26.2 Å². The van der Waals surface area contributed by atoms with Crippen LogP contribution in [0.5, 0.6) is 0 Å². The van der Waals surface area contributed by atoms with Gasteiger partial charge in [-0.05, 0) is 25.0 Å². The molecule has 1 aliphatic heterocycles. The molecule has 0 unspecified atom stereocenters. The highest BCUT2D eigenvalue weighted by molar-refractivity contribution is 5.07. The largest absolute Gasteiger partial charge is 0.392 e. The van der Waals surface area contributed by atoms with E-state index in [0.29, 0.717) is 0 Å². The molecule has 1 heterocycles. The summed E-state index contributed by atoms with van der Waals surface area (Å²) in [5.74, 6) is 0. The monoisotopic (exact) mass is 155 g/mol. The third kappa shape index (κ3) is 2.64. The van der Waals surface area contributed by atoms with E-state index in [0.717, 1.165) is 19.5 Å². The van der Waals surface area contributed by atoms with Gasteiger partial charge in [0.1, 0.15) is 0 Å². The van der Waals surface area contributed by atoms with E-state index in [1.165, 1.54) is 18.5 Å². The molecule has 0 atom stereocenters. The minimum atomic E-state index is 0.250. The fourth-order valence-electron chi connectivity index (χ4n) is 1.42. The molecule has 0 saturated heterocycles. The van der Waals surface area contributed by atoms with Gasteiger partial charge in [-0.25, -0.2) is 0 Å². The molecule has 0 aliphatic carbocycles. The first-order chi connectivity index (χ1) is 5.36. The van der Waals surface area contributed by atoms with Gasteiger partial charge in [0.05, 0.1) is 6.61 Å². The zero-order valence-corrected chi connectivity index (χ0v) is 7.21. The number of nitrogens with zero attached hydrogens (tertiary/aromatic N) is 1. The lowest BCUT2D eigenvalue weighted by Crippen LogP contribution is -2.29. The van der Waals surface area contributed by atoms with Gasteiger partial charge in [-0.15, -0.1) is 0 Å². The zero-order chi connectivity index (χ0) is 8.10. The Labute approximate surface area is 68.5 Å². The SMILES string of the molecule is CCCN1CC=C(CO)CC1. The van der Waals surface area contributed by atoms with E-state index in [-0.39, 0.29) is 6.61 Å². The summed E-state index contributed by atoms with van der Waals surface area (Å²) in [5.41, 5.74) is 1.21. The van der Waals surface area contributed by atoms with Gasteiger partial charge in [-0.2, -0.15) is 0 Å². The summed E-state index contributed by atoms with van der Waals surface area (Å²) in [7, 11) is 0. The molecule has 1 aliphatic rings. The van der Waals surface area contributed by atoms with Gasteiger partial charge < -0.3 is 5.11 Å². The number of aliphatic hydroxyl groups is 1. The lowest BCUT2D eigenvalue weighted by atomic mass is 10.1. The smallest absolute Gasteiger partial charge is 0.0642 e. The van der Waals surface area contributed by atoms with Crippen molar-refractivity contribution in [3.63, 3.8) is 0 Å². The van der Waals surface area contributed by atoms with E-state index in [1.807, 2.05) is 0 Å². The van der Waals surface area contributed by atoms with E-state index < -0.39 is 0 Å². The van der Waals surface area contributed by atoms with Crippen molar-refractivity contribution in [3.8, 4) is 0 Å². The number of hydrogen-bond acceptors (Lipinski definition) is 2. The molecule has 0 aromatic rings. The van der Waals surface area contributed by atoms with Crippen LogP contribution in [-0.4, -0.2) is 36.2 Å². The van der Waals surface area contributed by atoms with Crippen LogP contribution in [0.1, 0.15) is 19.8 Å². The molecular formula is C9H17NO. The molecule has 0 bridgehead atoms. The highest BCUT2D eigenvalue weighted by Gasteiger charge is 2.08. The topological polar surface area (TPSA) is 23.5 Å². The standard InChI is InChI=1S/C9H17NO/c1-2-5-10-6-3-9(8-11)4-7-10/h3,11H,2,4-8H2,1H3. The Morgan fingerprint density at radius 1 is 1.64 bits per heavy atom. The number of aliphatic hydroxyl groups excluding tert-OH is 1. The molecule has 64 valence electrons. The second-order valence-electron chi connectivity index (χ2n) is 3.07. The summed E-state index contributed by atoms with van der Waals surface area (Å²) >= 11 is 0. The summed E-state index contributed by atoms with van der Waals surface area (Å²) in [6.07, 6.45) is 4.43. The average Bonchev–Trinajstić information content (AvgIpc) is 2.07. The average molecular weight is 155 g/mol. The first-order valence-corrected chi connectivity index (χ1v) is 4.38. The molecule has 2 nitrogen and oxygen atoms in total. The van der Waals surface area contributed by atoms with Crippen molar-refractivity contribution < 1.29 is 5.11 Å². The van der Waals surface area contributed by atoms with Crippen LogP contribution >= 0.6 is 0 Å². The molecule has 0 aromatic carbocycles. The fraction of sp³-hybridized carbons (Fsp3) is 0.778. The van der Waals surface area contributed by atoms with E-state index in [1.54, 1.807) is 0 Å².